The average Bonchev–Trinajstić information content (AvgIpc) is 2.97. The molecule has 0 unspecified atom stereocenters. The van der Waals surface area contributed by atoms with Crippen LogP contribution in [0.5, 0.6) is 0 Å². The van der Waals surface area contributed by atoms with E-state index in [9.17, 15) is 9.90 Å². The largest absolute Gasteiger partial charge is 0.481 e. The highest BCUT2D eigenvalue weighted by Gasteiger charge is 2.14. The van der Waals surface area contributed by atoms with E-state index in [-0.39, 0.29) is 11.8 Å². The van der Waals surface area contributed by atoms with Gasteiger partial charge in [-0.1, -0.05) is 57.2 Å². The van der Waals surface area contributed by atoms with Crippen molar-refractivity contribution in [1.82, 2.24) is 4.98 Å². The quantitative estimate of drug-likeness (QED) is 0.665. The van der Waals surface area contributed by atoms with Crippen molar-refractivity contribution in [3.63, 3.8) is 0 Å². The lowest BCUT2D eigenvalue weighted by Crippen LogP contribution is -2.10. The van der Waals surface area contributed by atoms with Crippen LogP contribution in [0.25, 0.3) is 21.9 Å². The van der Waals surface area contributed by atoms with E-state index in [0.717, 1.165) is 26.4 Å². The molecule has 0 radical (unpaired) electrons. The standard InChI is InChI=1S/C21H21NO2S/c1-21(2,3)16-10-8-14(9-11-16)12-15(13-19(23)24)20-22-17-6-4-5-7-18(17)25-20/h4-12H,13H2,1-3H3,(H,23,24)/b15-12+. The van der Waals surface area contributed by atoms with E-state index in [2.05, 4.69) is 37.9 Å². The minimum Gasteiger partial charge on any atom is -0.481 e. The van der Waals surface area contributed by atoms with Gasteiger partial charge in [0, 0.05) is 0 Å². The van der Waals surface area contributed by atoms with Gasteiger partial charge in [-0.05, 0) is 40.3 Å². The maximum absolute atomic E-state index is 11.3. The van der Waals surface area contributed by atoms with Crippen molar-refractivity contribution in [1.29, 1.82) is 0 Å². The van der Waals surface area contributed by atoms with Crippen molar-refractivity contribution < 1.29 is 9.90 Å². The number of carboxylic acids is 1. The number of aliphatic carboxylic acids is 1. The molecule has 1 heterocycles. The van der Waals surface area contributed by atoms with E-state index in [4.69, 9.17) is 0 Å². The number of thiazole rings is 1. The Kier molecular flexibility index (Phi) is 4.73. The highest BCUT2D eigenvalue weighted by atomic mass is 32.1. The van der Waals surface area contributed by atoms with E-state index < -0.39 is 5.97 Å². The maximum Gasteiger partial charge on any atom is 0.307 e. The van der Waals surface area contributed by atoms with Crippen LogP contribution < -0.4 is 0 Å². The van der Waals surface area contributed by atoms with Gasteiger partial charge in [0.05, 0.1) is 16.6 Å². The van der Waals surface area contributed by atoms with Gasteiger partial charge < -0.3 is 5.11 Å². The molecular formula is C21H21NO2S. The zero-order chi connectivity index (χ0) is 18.0. The molecule has 0 bridgehead atoms. The van der Waals surface area contributed by atoms with Crippen molar-refractivity contribution >= 4 is 39.2 Å². The Hall–Kier alpha value is -2.46. The number of carboxylic acid groups (broad SMARTS) is 1. The minimum atomic E-state index is -0.850. The van der Waals surface area contributed by atoms with Gasteiger partial charge in [0.2, 0.25) is 0 Å². The van der Waals surface area contributed by atoms with Gasteiger partial charge in [0.15, 0.2) is 0 Å². The summed E-state index contributed by atoms with van der Waals surface area (Å²) < 4.78 is 1.07. The maximum atomic E-state index is 11.3. The highest BCUT2D eigenvalue weighted by Crippen LogP contribution is 2.30. The second kappa shape index (κ2) is 6.81. The van der Waals surface area contributed by atoms with Crippen molar-refractivity contribution in [2.45, 2.75) is 32.6 Å². The highest BCUT2D eigenvalue weighted by molar-refractivity contribution is 7.19. The fraction of sp³-hybridized carbons (Fsp3) is 0.238. The zero-order valence-electron chi connectivity index (χ0n) is 14.6. The third-order valence-corrected chi connectivity index (χ3v) is 5.14. The molecule has 1 aromatic heterocycles. The smallest absolute Gasteiger partial charge is 0.307 e. The number of hydrogen-bond acceptors (Lipinski definition) is 3. The normalized spacial score (nSPS) is 12.5. The van der Waals surface area contributed by atoms with Gasteiger partial charge in [-0.25, -0.2) is 4.98 Å². The Balaban J connectivity index is 2.00. The van der Waals surface area contributed by atoms with Gasteiger partial charge in [-0.3, -0.25) is 4.79 Å². The molecule has 0 spiro atoms. The van der Waals surface area contributed by atoms with E-state index in [1.165, 1.54) is 16.9 Å². The number of fused-ring (bicyclic) bond motifs is 1. The van der Waals surface area contributed by atoms with Crippen molar-refractivity contribution in [2.24, 2.45) is 0 Å². The number of nitrogens with zero attached hydrogens (tertiary/aromatic N) is 1. The van der Waals surface area contributed by atoms with Crippen LogP contribution in [0.2, 0.25) is 0 Å². The molecule has 128 valence electrons. The van der Waals surface area contributed by atoms with Crippen LogP contribution in [0.15, 0.2) is 48.5 Å². The molecule has 0 atom stereocenters. The fourth-order valence-corrected chi connectivity index (χ4v) is 3.62. The lowest BCUT2D eigenvalue weighted by atomic mass is 9.86. The summed E-state index contributed by atoms with van der Waals surface area (Å²) in [6.07, 6.45) is 1.89. The molecule has 0 saturated heterocycles. The molecule has 3 rings (SSSR count). The molecule has 0 fully saturated rings. The van der Waals surface area contributed by atoms with E-state index in [1.54, 1.807) is 0 Å². The summed E-state index contributed by atoms with van der Waals surface area (Å²) in [6.45, 7) is 6.53. The van der Waals surface area contributed by atoms with Crippen molar-refractivity contribution in [3.05, 3.63) is 64.7 Å². The topological polar surface area (TPSA) is 50.2 Å². The Morgan fingerprint density at radius 2 is 1.80 bits per heavy atom. The SMILES string of the molecule is CC(C)(C)c1ccc(/C=C(\CC(=O)O)c2nc3ccccc3s2)cc1. The number of para-hydroxylation sites is 1. The Morgan fingerprint density at radius 1 is 1.12 bits per heavy atom. The van der Waals surface area contributed by atoms with Gasteiger partial charge in [0.25, 0.3) is 0 Å². The molecule has 25 heavy (non-hydrogen) atoms. The van der Waals surface area contributed by atoms with Gasteiger partial charge in [-0.15, -0.1) is 11.3 Å². The third kappa shape index (κ3) is 4.15. The van der Waals surface area contributed by atoms with Crippen molar-refractivity contribution in [2.75, 3.05) is 0 Å². The minimum absolute atomic E-state index is 0.0408. The van der Waals surface area contributed by atoms with Gasteiger partial charge >= 0.3 is 5.97 Å². The first kappa shape index (κ1) is 17.4. The Bertz CT molecular complexity index is 897. The zero-order valence-corrected chi connectivity index (χ0v) is 15.4. The second-order valence-electron chi connectivity index (χ2n) is 7.10. The van der Waals surface area contributed by atoms with Crippen molar-refractivity contribution in [3.8, 4) is 0 Å². The van der Waals surface area contributed by atoms with E-state index in [1.807, 2.05) is 42.5 Å². The molecule has 1 N–H and O–H groups in total. The summed E-state index contributed by atoms with van der Waals surface area (Å²) >= 11 is 1.53. The third-order valence-electron chi connectivity index (χ3n) is 4.03. The predicted octanol–water partition coefficient (Wildman–Crippen LogP) is 5.61. The number of aromatic nitrogens is 1. The summed E-state index contributed by atoms with van der Waals surface area (Å²) in [6, 6.07) is 16.1. The van der Waals surface area contributed by atoms with Crippen LogP contribution in [0.3, 0.4) is 0 Å². The molecule has 4 heteroatoms. The first-order valence-corrected chi connectivity index (χ1v) is 9.03. The molecule has 0 aliphatic heterocycles. The molecule has 0 aliphatic rings. The van der Waals surface area contributed by atoms with Crippen LogP contribution in [0.4, 0.5) is 0 Å². The van der Waals surface area contributed by atoms with Crippen LogP contribution in [-0.2, 0) is 10.2 Å². The summed E-state index contributed by atoms with van der Waals surface area (Å²) in [4.78, 5) is 15.9. The summed E-state index contributed by atoms with van der Waals surface area (Å²) in [7, 11) is 0. The molecular weight excluding hydrogens is 330 g/mol. The number of carbonyl (C=O) groups is 1. The number of rotatable bonds is 4. The lowest BCUT2D eigenvalue weighted by molar-refractivity contribution is -0.135. The second-order valence-corrected chi connectivity index (χ2v) is 8.13. The monoisotopic (exact) mass is 351 g/mol. The molecule has 2 aromatic carbocycles. The van der Waals surface area contributed by atoms with Gasteiger partial charge in [0.1, 0.15) is 5.01 Å². The molecule has 0 saturated carbocycles. The fourth-order valence-electron chi connectivity index (χ4n) is 2.64. The molecule has 0 aliphatic carbocycles. The summed E-state index contributed by atoms with van der Waals surface area (Å²) in [5.74, 6) is -0.850. The first-order valence-electron chi connectivity index (χ1n) is 8.22. The van der Waals surface area contributed by atoms with Crippen LogP contribution >= 0.6 is 11.3 Å². The van der Waals surface area contributed by atoms with Crippen LogP contribution in [0.1, 0.15) is 43.3 Å². The Morgan fingerprint density at radius 3 is 2.40 bits per heavy atom. The summed E-state index contributed by atoms with van der Waals surface area (Å²) in [5, 5.41) is 10.1. The van der Waals surface area contributed by atoms with E-state index >= 15 is 0 Å². The summed E-state index contributed by atoms with van der Waals surface area (Å²) in [5.41, 5.74) is 3.98. The lowest BCUT2D eigenvalue weighted by Gasteiger charge is -2.18. The van der Waals surface area contributed by atoms with Gasteiger partial charge in [-0.2, -0.15) is 0 Å². The van der Waals surface area contributed by atoms with Crippen LogP contribution in [0, 0.1) is 0 Å². The molecule has 3 nitrogen and oxygen atoms in total. The predicted molar refractivity (Wildman–Crippen MR) is 105 cm³/mol. The molecule has 0 amide bonds. The average molecular weight is 351 g/mol. The van der Waals surface area contributed by atoms with Crippen LogP contribution in [-0.4, -0.2) is 16.1 Å². The van der Waals surface area contributed by atoms with E-state index in [0.29, 0.717) is 0 Å². The number of benzene rings is 2. The first-order chi connectivity index (χ1) is 11.8. The molecule has 3 aromatic rings. The number of hydrogen-bond donors (Lipinski definition) is 1. The Labute approximate surface area is 151 Å².